The lowest BCUT2D eigenvalue weighted by Crippen LogP contribution is -2.45. The Morgan fingerprint density at radius 2 is 2.38 bits per heavy atom. The van der Waals surface area contributed by atoms with E-state index in [1.54, 1.807) is 6.07 Å². The molecule has 5 heteroatoms. The fourth-order valence-electron chi connectivity index (χ4n) is 1.58. The maximum absolute atomic E-state index is 8.69. The zero-order valence-electron chi connectivity index (χ0n) is 8.89. The number of ether oxygens (including phenoxy) is 1. The predicted octanol–water partition coefficient (Wildman–Crippen LogP) is 0.542. The van der Waals surface area contributed by atoms with Gasteiger partial charge in [0, 0.05) is 12.2 Å². The van der Waals surface area contributed by atoms with Gasteiger partial charge in [-0.05, 0) is 18.9 Å². The van der Waals surface area contributed by atoms with Crippen LogP contribution in [0.3, 0.4) is 0 Å². The summed E-state index contributed by atoms with van der Waals surface area (Å²) in [5.74, 6) is 0. The topological polar surface area (TPSA) is 97.9 Å². The van der Waals surface area contributed by atoms with Crippen molar-refractivity contribution < 1.29 is 4.74 Å². The van der Waals surface area contributed by atoms with Gasteiger partial charge in [-0.1, -0.05) is 0 Å². The summed E-state index contributed by atoms with van der Waals surface area (Å²) in [6, 6.07) is 3.79. The van der Waals surface area contributed by atoms with E-state index in [9.17, 15) is 0 Å². The van der Waals surface area contributed by atoms with Gasteiger partial charge in [-0.3, -0.25) is 4.98 Å². The van der Waals surface area contributed by atoms with Gasteiger partial charge >= 0.3 is 0 Å². The molecule has 1 aromatic rings. The number of nitrogens with two attached hydrogens (primary N) is 2. The van der Waals surface area contributed by atoms with Gasteiger partial charge in [0.15, 0.2) is 0 Å². The van der Waals surface area contributed by atoms with Crippen LogP contribution >= 0.6 is 0 Å². The summed E-state index contributed by atoms with van der Waals surface area (Å²) in [5.41, 5.74) is 13.0. The summed E-state index contributed by atoms with van der Waals surface area (Å²) in [4.78, 5) is 4.10. The number of nitrogens with zero attached hydrogens (tertiary/aromatic N) is 2. The van der Waals surface area contributed by atoms with Crippen LogP contribution in [-0.4, -0.2) is 17.1 Å². The second-order valence-electron chi connectivity index (χ2n) is 3.97. The lowest BCUT2D eigenvalue weighted by Gasteiger charge is -2.33. The van der Waals surface area contributed by atoms with Gasteiger partial charge in [-0.25, -0.2) is 0 Å². The average Bonchev–Trinajstić information content (AvgIpc) is 2.27. The summed E-state index contributed by atoms with van der Waals surface area (Å²) >= 11 is 0. The Morgan fingerprint density at radius 1 is 1.56 bits per heavy atom. The predicted molar refractivity (Wildman–Crippen MR) is 59.2 cm³/mol. The second kappa shape index (κ2) is 4.47. The number of anilines is 1. The SMILES string of the molecule is N#Cc1cnc(CO[C@@H]2CC[C@H]2N)cc1N. The molecule has 0 bridgehead atoms. The van der Waals surface area contributed by atoms with Crippen molar-refractivity contribution >= 4 is 5.69 Å². The van der Waals surface area contributed by atoms with Crippen molar-refractivity contribution in [2.75, 3.05) is 5.73 Å². The molecule has 1 fully saturated rings. The Kier molecular flexibility index (Phi) is 3.04. The van der Waals surface area contributed by atoms with Gasteiger partial charge in [-0.2, -0.15) is 5.26 Å². The van der Waals surface area contributed by atoms with Crippen molar-refractivity contribution in [1.82, 2.24) is 4.98 Å². The van der Waals surface area contributed by atoms with Crippen LogP contribution in [0.2, 0.25) is 0 Å². The van der Waals surface area contributed by atoms with Crippen LogP contribution in [-0.2, 0) is 11.3 Å². The number of nitriles is 1. The zero-order valence-corrected chi connectivity index (χ0v) is 8.89. The van der Waals surface area contributed by atoms with E-state index in [1.807, 2.05) is 6.07 Å². The summed E-state index contributed by atoms with van der Waals surface area (Å²) in [5, 5.41) is 8.69. The molecule has 1 aliphatic rings. The van der Waals surface area contributed by atoms with Crippen LogP contribution < -0.4 is 11.5 Å². The molecule has 0 spiro atoms. The molecule has 0 saturated heterocycles. The van der Waals surface area contributed by atoms with Gasteiger partial charge < -0.3 is 16.2 Å². The van der Waals surface area contributed by atoms with Crippen molar-refractivity contribution in [3.63, 3.8) is 0 Å². The fourth-order valence-corrected chi connectivity index (χ4v) is 1.58. The molecule has 0 radical (unpaired) electrons. The minimum absolute atomic E-state index is 0.138. The van der Waals surface area contributed by atoms with Gasteiger partial charge in [0.1, 0.15) is 6.07 Å². The first-order valence-corrected chi connectivity index (χ1v) is 5.22. The molecule has 16 heavy (non-hydrogen) atoms. The highest BCUT2D eigenvalue weighted by molar-refractivity contribution is 5.52. The molecule has 1 aliphatic carbocycles. The maximum atomic E-state index is 8.69. The standard InChI is InChI=1S/C11H14N4O/c12-4-7-5-15-8(3-10(7)14)6-16-11-2-1-9(11)13/h3,5,9,11H,1-2,6,13H2,(H2,14,15)/t9-,11-/m1/s1. The molecule has 2 atom stereocenters. The van der Waals surface area contributed by atoms with Crippen LogP contribution in [0.4, 0.5) is 5.69 Å². The summed E-state index contributed by atoms with van der Waals surface area (Å²) in [6.07, 6.45) is 3.63. The van der Waals surface area contributed by atoms with Crippen molar-refractivity contribution in [1.29, 1.82) is 5.26 Å². The Morgan fingerprint density at radius 3 is 2.88 bits per heavy atom. The molecular formula is C11H14N4O. The minimum Gasteiger partial charge on any atom is -0.398 e. The molecule has 2 rings (SSSR count). The highest BCUT2D eigenvalue weighted by Crippen LogP contribution is 2.22. The molecule has 0 aliphatic heterocycles. The van der Waals surface area contributed by atoms with E-state index in [1.165, 1.54) is 6.20 Å². The van der Waals surface area contributed by atoms with E-state index < -0.39 is 0 Å². The molecule has 4 N–H and O–H groups in total. The molecule has 0 aromatic carbocycles. The third-order valence-electron chi connectivity index (χ3n) is 2.82. The molecule has 1 saturated carbocycles. The van der Waals surface area contributed by atoms with Gasteiger partial charge in [0.05, 0.1) is 29.7 Å². The minimum atomic E-state index is 0.138. The largest absolute Gasteiger partial charge is 0.398 e. The van der Waals surface area contributed by atoms with E-state index in [4.69, 9.17) is 21.5 Å². The Hall–Kier alpha value is -1.64. The molecule has 84 valence electrons. The fraction of sp³-hybridized carbons (Fsp3) is 0.455. The maximum Gasteiger partial charge on any atom is 0.103 e. The Bertz CT molecular complexity index is 426. The lowest BCUT2D eigenvalue weighted by molar-refractivity contribution is -0.0258. The van der Waals surface area contributed by atoms with Crippen molar-refractivity contribution in [3.05, 3.63) is 23.5 Å². The van der Waals surface area contributed by atoms with E-state index in [-0.39, 0.29) is 12.1 Å². The summed E-state index contributed by atoms with van der Waals surface area (Å²) in [7, 11) is 0. The van der Waals surface area contributed by atoms with Crippen molar-refractivity contribution in [3.8, 4) is 6.07 Å². The van der Waals surface area contributed by atoms with Crippen LogP contribution in [0.15, 0.2) is 12.3 Å². The molecular weight excluding hydrogens is 204 g/mol. The van der Waals surface area contributed by atoms with E-state index in [2.05, 4.69) is 4.98 Å². The highest BCUT2D eigenvalue weighted by atomic mass is 16.5. The normalized spacial score (nSPS) is 23.5. The van der Waals surface area contributed by atoms with E-state index >= 15 is 0 Å². The number of nitrogen functional groups attached to an aromatic ring is 1. The molecule has 0 amide bonds. The Balaban J connectivity index is 1.95. The number of aromatic nitrogens is 1. The van der Waals surface area contributed by atoms with Gasteiger partial charge in [0.2, 0.25) is 0 Å². The zero-order chi connectivity index (χ0) is 11.5. The van der Waals surface area contributed by atoms with Crippen molar-refractivity contribution in [2.45, 2.75) is 31.6 Å². The lowest BCUT2D eigenvalue weighted by atomic mass is 9.90. The smallest absolute Gasteiger partial charge is 0.103 e. The van der Waals surface area contributed by atoms with Gasteiger partial charge in [-0.15, -0.1) is 0 Å². The number of rotatable bonds is 3. The molecule has 1 aromatic heterocycles. The van der Waals surface area contributed by atoms with Crippen LogP contribution in [0.1, 0.15) is 24.1 Å². The number of hydrogen-bond acceptors (Lipinski definition) is 5. The van der Waals surface area contributed by atoms with Crippen LogP contribution in [0.25, 0.3) is 0 Å². The first-order chi connectivity index (χ1) is 7.70. The number of pyridine rings is 1. The first-order valence-electron chi connectivity index (χ1n) is 5.22. The monoisotopic (exact) mass is 218 g/mol. The summed E-state index contributed by atoms with van der Waals surface area (Å²) < 4.78 is 5.58. The quantitative estimate of drug-likeness (QED) is 0.771. The molecule has 1 heterocycles. The highest BCUT2D eigenvalue weighted by Gasteiger charge is 2.28. The first kappa shape index (κ1) is 10.9. The van der Waals surface area contributed by atoms with Crippen LogP contribution in [0, 0.1) is 11.3 Å². The van der Waals surface area contributed by atoms with E-state index in [0.29, 0.717) is 17.9 Å². The average molecular weight is 218 g/mol. The molecule has 5 nitrogen and oxygen atoms in total. The molecule has 0 unspecified atom stereocenters. The second-order valence-corrected chi connectivity index (χ2v) is 3.97. The third kappa shape index (κ3) is 2.13. The van der Waals surface area contributed by atoms with Gasteiger partial charge in [0.25, 0.3) is 0 Å². The van der Waals surface area contributed by atoms with Crippen molar-refractivity contribution in [2.24, 2.45) is 5.73 Å². The Labute approximate surface area is 94.0 Å². The van der Waals surface area contributed by atoms with Crippen LogP contribution in [0.5, 0.6) is 0 Å². The van der Waals surface area contributed by atoms with E-state index in [0.717, 1.165) is 18.5 Å². The summed E-state index contributed by atoms with van der Waals surface area (Å²) in [6.45, 7) is 0.397. The third-order valence-corrected chi connectivity index (χ3v) is 2.82. The number of hydrogen-bond donors (Lipinski definition) is 2.